The van der Waals surface area contributed by atoms with Crippen LogP contribution in [-0.4, -0.2) is 26.8 Å². The maximum atomic E-state index is 12.1. The highest BCUT2D eigenvalue weighted by molar-refractivity contribution is 7.92. The lowest BCUT2D eigenvalue weighted by Crippen LogP contribution is -2.36. The van der Waals surface area contributed by atoms with Crippen LogP contribution in [0, 0.1) is 0 Å². The molecule has 0 radical (unpaired) electrons. The molecule has 0 amide bonds. The van der Waals surface area contributed by atoms with E-state index in [2.05, 4.69) is 10.0 Å². The van der Waals surface area contributed by atoms with Gasteiger partial charge in [0.2, 0.25) is 10.0 Å². The zero-order valence-corrected chi connectivity index (χ0v) is 13.4. The summed E-state index contributed by atoms with van der Waals surface area (Å²) in [5.41, 5.74) is 0.329. The van der Waals surface area contributed by atoms with Gasteiger partial charge in [0.05, 0.1) is 16.5 Å². The number of benzene rings is 1. The lowest BCUT2D eigenvalue weighted by atomic mass is 10.0. The molecule has 1 aliphatic heterocycles. The molecule has 0 bridgehead atoms. The van der Waals surface area contributed by atoms with E-state index in [9.17, 15) is 8.42 Å². The fraction of sp³-hybridized carbons (Fsp3) is 0.538. The van der Waals surface area contributed by atoms with E-state index in [1.807, 2.05) is 0 Å². The summed E-state index contributed by atoms with van der Waals surface area (Å²) >= 11 is 11.8. The van der Waals surface area contributed by atoms with Crippen molar-refractivity contribution in [1.82, 2.24) is 5.32 Å². The van der Waals surface area contributed by atoms with Gasteiger partial charge in [-0.05, 0) is 44.0 Å². The average Bonchev–Trinajstić information content (AvgIpc) is 2.42. The molecule has 4 nitrogen and oxygen atoms in total. The molecule has 1 aromatic rings. The number of piperidine rings is 1. The Labute approximate surface area is 129 Å². The predicted molar refractivity (Wildman–Crippen MR) is 84.1 cm³/mol. The van der Waals surface area contributed by atoms with Crippen molar-refractivity contribution < 1.29 is 8.42 Å². The average molecular weight is 337 g/mol. The molecule has 1 unspecified atom stereocenters. The number of anilines is 1. The Morgan fingerprint density at radius 2 is 2.10 bits per heavy atom. The minimum Gasteiger partial charge on any atom is -0.314 e. The molecule has 1 fully saturated rings. The Morgan fingerprint density at radius 1 is 1.30 bits per heavy atom. The standard InChI is InChI=1S/C13H18Cl2N2O2S/c14-10-4-5-12(15)13(9-10)17-20(18,19)8-6-11-3-1-2-7-16-11/h4-5,9,11,16-17H,1-3,6-8H2. The summed E-state index contributed by atoms with van der Waals surface area (Å²) in [6, 6.07) is 4.99. The molecule has 7 heteroatoms. The van der Waals surface area contributed by atoms with Crippen molar-refractivity contribution in [2.24, 2.45) is 0 Å². The van der Waals surface area contributed by atoms with Crippen LogP contribution in [0.2, 0.25) is 10.0 Å². The van der Waals surface area contributed by atoms with Crippen LogP contribution in [-0.2, 0) is 10.0 Å². The van der Waals surface area contributed by atoms with E-state index in [1.165, 1.54) is 12.5 Å². The van der Waals surface area contributed by atoms with Crippen LogP contribution < -0.4 is 10.0 Å². The van der Waals surface area contributed by atoms with Crippen molar-refractivity contribution in [2.75, 3.05) is 17.0 Å². The molecule has 0 aliphatic carbocycles. The second-order valence-corrected chi connectivity index (χ2v) is 7.67. The molecule has 1 saturated heterocycles. The molecule has 20 heavy (non-hydrogen) atoms. The number of rotatable bonds is 5. The number of hydrogen-bond acceptors (Lipinski definition) is 3. The molecule has 0 aromatic heterocycles. The number of halogens is 2. The van der Waals surface area contributed by atoms with Crippen molar-refractivity contribution in [2.45, 2.75) is 31.7 Å². The van der Waals surface area contributed by atoms with E-state index in [4.69, 9.17) is 23.2 Å². The van der Waals surface area contributed by atoms with Crippen LogP contribution in [0.5, 0.6) is 0 Å². The topological polar surface area (TPSA) is 58.2 Å². The van der Waals surface area contributed by atoms with Crippen LogP contribution in [0.25, 0.3) is 0 Å². The van der Waals surface area contributed by atoms with Crippen LogP contribution in [0.3, 0.4) is 0 Å². The third-order valence-electron chi connectivity index (χ3n) is 3.34. The van der Waals surface area contributed by atoms with E-state index in [0.29, 0.717) is 22.2 Å². The Hall–Kier alpha value is -0.490. The minimum atomic E-state index is -3.41. The number of sulfonamides is 1. The fourth-order valence-electron chi connectivity index (χ4n) is 2.26. The van der Waals surface area contributed by atoms with Crippen molar-refractivity contribution >= 4 is 38.9 Å². The second kappa shape index (κ2) is 6.98. The first kappa shape index (κ1) is 15.9. The summed E-state index contributed by atoms with van der Waals surface area (Å²) < 4.78 is 26.6. The van der Waals surface area contributed by atoms with E-state index in [-0.39, 0.29) is 11.8 Å². The number of hydrogen-bond donors (Lipinski definition) is 2. The van der Waals surface area contributed by atoms with Gasteiger partial charge in [0.15, 0.2) is 0 Å². The smallest absolute Gasteiger partial charge is 0.232 e. The van der Waals surface area contributed by atoms with Gasteiger partial charge in [0, 0.05) is 11.1 Å². The lowest BCUT2D eigenvalue weighted by molar-refractivity contribution is 0.393. The van der Waals surface area contributed by atoms with E-state index < -0.39 is 10.0 Å². The van der Waals surface area contributed by atoms with Crippen LogP contribution in [0.4, 0.5) is 5.69 Å². The zero-order valence-electron chi connectivity index (χ0n) is 11.0. The van der Waals surface area contributed by atoms with Crippen molar-refractivity contribution in [3.63, 3.8) is 0 Å². The zero-order chi connectivity index (χ0) is 14.6. The van der Waals surface area contributed by atoms with E-state index >= 15 is 0 Å². The van der Waals surface area contributed by atoms with Gasteiger partial charge in [0.25, 0.3) is 0 Å². The fourth-order valence-corrected chi connectivity index (χ4v) is 3.86. The highest BCUT2D eigenvalue weighted by Gasteiger charge is 2.18. The van der Waals surface area contributed by atoms with Crippen molar-refractivity contribution in [1.29, 1.82) is 0 Å². The summed E-state index contributed by atoms with van der Waals surface area (Å²) in [6.07, 6.45) is 3.96. The SMILES string of the molecule is O=S(=O)(CCC1CCCCN1)Nc1cc(Cl)ccc1Cl. The van der Waals surface area contributed by atoms with Gasteiger partial charge in [-0.15, -0.1) is 0 Å². The van der Waals surface area contributed by atoms with Crippen LogP contribution in [0.1, 0.15) is 25.7 Å². The Balaban J connectivity index is 1.94. The Kier molecular flexibility index (Phi) is 5.55. The first-order chi connectivity index (χ1) is 9.46. The molecular weight excluding hydrogens is 319 g/mol. The van der Waals surface area contributed by atoms with Gasteiger partial charge in [-0.3, -0.25) is 4.72 Å². The molecule has 112 valence electrons. The quantitative estimate of drug-likeness (QED) is 0.867. The molecule has 1 aromatic carbocycles. The second-order valence-electron chi connectivity index (χ2n) is 4.98. The summed E-state index contributed by atoms with van der Waals surface area (Å²) in [7, 11) is -3.41. The Morgan fingerprint density at radius 3 is 2.80 bits per heavy atom. The first-order valence-electron chi connectivity index (χ1n) is 6.65. The van der Waals surface area contributed by atoms with Crippen LogP contribution >= 0.6 is 23.2 Å². The summed E-state index contributed by atoms with van der Waals surface area (Å²) in [5.74, 6) is 0.0769. The van der Waals surface area contributed by atoms with Gasteiger partial charge in [-0.1, -0.05) is 29.6 Å². The van der Waals surface area contributed by atoms with Gasteiger partial charge in [0.1, 0.15) is 0 Å². The van der Waals surface area contributed by atoms with Gasteiger partial charge in [-0.25, -0.2) is 8.42 Å². The molecule has 1 aliphatic rings. The number of nitrogens with one attached hydrogen (secondary N) is 2. The molecule has 1 heterocycles. The normalized spacial score (nSPS) is 19.8. The summed E-state index contributed by atoms with van der Waals surface area (Å²) in [5, 5.41) is 4.12. The van der Waals surface area contributed by atoms with Gasteiger partial charge >= 0.3 is 0 Å². The summed E-state index contributed by atoms with van der Waals surface area (Å²) in [4.78, 5) is 0. The lowest BCUT2D eigenvalue weighted by Gasteiger charge is -2.23. The molecule has 2 N–H and O–H groups in total. The van der Waals surface area contributed by atoms with E-state index in [0.717, 1.165) is 19.4 Å². The molecular formula is C13H18Cl2N2O2S. The first-order valence-corrected chi connectivity index (χ1v) is 9.06. The molecule has 2 rings (SSSR count). The predicted octanol–water partition coefficient (Wildman–Crippen LogP) is 3.27. The molecule has 0 saturated carbocycles. The highest BCUT2D eigenvalue weighted by Crippen LogP contribution is 2.26. The minimum absolute atomic E-state index is 0.0769. The van der Waals surface area contributed by atoms with Gasteiger partial charge < -0.3 is 5.32 Å². The van der Waals surface area contributed by atoms with Gasteiger partial charge in [-0.2, -0.15) is 0 Å². The highest BCUT2D eigenvalue weighted by atomic mass is 35.5. The summed E-state index contributed by atoms with van der Waals surface area (Å²) in [6.45, 7) is 0.971. The van der Waals surface area contributed by atoms with Crippen molar-refractivity contribution in [3.8, 4) is 0 Å². The third-order valence-corrected chi connectivity index (χ3v) is 5.21. The molecule has 1 atom stereocenters. The van der Waals surface area contributed by atoms with Crippen molar-refractivity contribution in [3.05, 3.63) is 28.2 Å². The third kappa shape index (κ3) is 4.81. The molecule has 0 spiro atoms. The largest absolute Gasteiger partial charge is 0.314 e. The van der Waals surface area contributed by atoms with Crippen LogP contribution in [0.15, 0.2) is 18.2 Å². The van der Waals surface area contributed by atoms with E-state index in [1.54, 1.807) is 12.1 Å². The monoisotopic (exact) mass is 336 g/mol. The maximum Gasteiger partial charge on any atom is 0.232 e. The Bertz CT molecular complexity index is 557. The maximum absolute atomic E-state index is 12.1.